The third-order valence-corrected chi connectivity index (χ3v) is 3.70. The summed E-state index contributed by atoms with van der Waals surface area (Å²) in [6, 6.07) is 10.2. The molecule has 0 radical (unpaired) electrons. The molecule has 0 unspecified atom stereocenters. The van der Waals surface area contributed by atoms with Crippen molar-refractivity contribution in [2.24, 2.45) is 0 Å². The number of aromatic amines is 1. The van der Waals surface area contributed by atoms with Gasteiger partial charge in [-0.05, 0) is 18.4 Å². The monoisotopic (exact) mass is 330 g/mol. The summed E-state index contributed by atoms with van der Waals surface area (Å²) in [4.78, 5) is 14.7. The Morgan fingerprint density at radius 2 is 1.88 bits per heavy atom. The number of nitrogens with one attached hydrogen (secondary N) is 2. The molecule has 0 aliphatic carbocycles. The largest absolute Gasteiger partial charge is 0.450 e. The predicted octanol–water partition coefficient (Wildman–Crippen LogP) is 3.40. The van der Waals surface area contributed by atoms with E-state index in [9.17, 15) is 4.79 Å². The van der Waals surface area contributed by atoms with Crippen molar-refractivity contribution in [2.45, 2.75) is 52.0 Å². The Kier molecular flexibility index (Phi) is 7.80. The van der Waals surface area contributed by atoms with Crippen molar-refractivity contribution in [1.29, 1.82) is 0 Å². The summed E-state index contributed by atoms with van der Waals surface area (Å²) >= 11 is 0. The molecule has 6 heteroatoms. The summed E-state index contributed by atoms with van der Waals surface area (Å²) in [5.41, 5.74) is 1.26. The van der Waals surface area contributed by atoms with E-state index in [1.165, 1.54) is 18.4 Å². The Hall–Kier alpha value is -2.37. The second kappa shape index (κ2) is 10.4. The van der Waals surface area contributed by atoms with Crippen molar-refractivity contribution in [3.05, 3.63) is 47.5 Å². The maximum atomic E-state index is 11.6. The van der Waals surface area contributed by atoms with E-state index in [4.69, 9.17) is 4.74 Å². The number of benzene rings is 1. The third kappa shape index (κ3) is 6.81. The molecule has 2 rings (SSSR count). The number of nitrogens with zero attached hydrogens (tertiary/aromatic N) is 2. The van der Waals surface area contributed by atoms with Gasteiger partial charge in [0.2, 0.25) is 0 Å². The number of H-pyrrole nitrogens is 1. The third-order valence-electron chi connectivity index (χ3n) is 3.70. The van der Waals surface area contributed by atoms with Gasteiger partial charge < -0.3 is 15.0 Å². The molecule has 0 spiro atoms. The summed E-state index contributed by atoms with van der Waals surface area (Å²) in [6.07, 6.45) is 5.64. The van der Waals surface area contributed by atoms with Gasteiger partial charge in [0.05, 0.1) is 13.2 Å². The molecular formula is C18H26N4O2. The van der Waals surface area contributed by atoms with Crippen LogP contribution < -0.4 is 5.32 Å². The lowest BCUT2D eigenvalue weighted by Gasteiger charge is -2.05. The van der Waals surface area contributed by atoms with Crippen molar-refractivity contribution in [1.82, 2.24) is 20.5 Å². The normalized spacial score (nSPS) is 10.5. The van der Waals surface area contributed by atoms with Crippen LogP contribution in [-0.4, -0.2) is 27.9 Å². The highest BCUT2D eigenvalue weighted by Gasteiger charge is 2.06. The zero-order chi connectivity index (χ0) is 17.0. The summed E-state index contributed by atoms with van der Waals surface area (Å²) in [5, 5.41) is 10.8. The molecule has 2 N–H and O–H groups in total. The van der Waals surface area contributed by atoms with E-state index in [2.05, 4.69) is 39.6 Å². The van der Waals surface area contributed by atoms with Crippen molar-refractivity contribution in [3.8, 4) is 0 Å². The van der Waals surface area contributed by atoms with Crippen molar-refractivity contribution in [2.75, 3.05) is 6.61 Å². The molecule has 1 amide bonds. The molecule has 0 aliphatic heterocycles. The van der Waals surface area contributed by atoms with Crippen molar-refractivity contribution in [3.63, 3.8) is 0 Å². The van der Waals surface area contributed by atoms with Gasteiger partial charge in [-0.1, -0.05) is 56.5 Å². The van der Waals surface area contributed by atoms with Crippen molar-refractivity contribution >= 4 is 6.09 Å². The number of rotatable bonds is 10. The molecule has 24 heavy (non-hydrogen) atoms. The fourth-order valence-corrected chi connectivity index (χ4v) is 2.34. The molecule has 0 bridgehead atoms. The molecular weight excluding hydrogens is 304 g/mol. The first-order chi connectivity index (χ1) is 11.8. The highest BCUT2D eigenvalue weighted by Crippen LogP contribution is 2.04. The quantitative estimate of drug-likeness (QED) is 0.654. The van der Waals surface area contributed by atoms with Crippen LogP contribution in [0.2, 0.25) is 0 Å². The zero-order valence-electron chi connectivity index (χ0n) is 14.3. The fraction of sp³-hybridized carbons (Fsp3) is 0.500. The minimum Gasteiger partial charge on any atom is -0.450 e. The Bertz CT molecular complexity index is 598. The second-order valence-electron chi connectivity index (χ2n) is 5.75. The Labute approximate surface area is 143 Å². The summed E-state index contributed by atoms with van der Waals surface area (Å²) in [7, 11) is 0. The number of ether oxygens (including phenoxy) is 1. The molecule has 0 aliphatic rings. The number of hydrogen-bond donors (Lipinski definition) is 2. The van der Waals surface area contributed by atoms with E-state index in [-0.39, 0.29) is 0 Å². The first-order valence-electron chi connectivity index (χ1n) is 8.63. The number of amides is 1. The highest BCUT2D eigenvalue weighted by atomic mass is 16.5. The maximum Gasteiger partial charge on any atom is 0.407 e. The van der Waals surface area contributed by atoms with Gasteiger partial charge in [0, 0.05) is 6.42 Å². The standard InChI is InChI=1S/C18H26N4O2/c1-2-3-4-8-13-24-18(23)19-14-17-20-16(21-22-17)12-11-15-9-6-5-7-10-15/h5-7,9-10H,2-4,8,11-14H2,1H3,(H,19,23)(H,20,21,22). The predicted molar refractivity (Wildman–Crippen MR) is 92.6 cm³/mol. The Morgan fingerprint density at radius 1 is 1.08 bits per heavy atom. The maximum absolute atomic E-state index is 11.6. The number of alkyl carbamates (subject to hydrolysis) is 1. The summed E-state index contributed by atoms with van der Waals surface area (Å²) in [5.74, 6) is 1.46. The summed E-state index contributed by atoms with van der Waals surface area (Å²) < 4.78 is 5.11. The van der Waals surface area contributed by atoms with Gasteiger partial charge in [0.1, 0.15) is 11.6 Å². The second-order valence-corrected chi connectivity index (χ2v) is 5.75. The van der Waals surface area contributed by atoms with Crippen LogP contribution in [-0.2, 0) is 24.1 Å². The number of aryl methyl sites for hydroxylation is 2. The van der Waals surface area contributed by atoms with Gasteiger partial charge in [-0.2, -0.15) is 0 Å². The fourth-order valence-electron chi connectivity index (χ4n) is 2.34. The van der Waals surface area contributed by atoms with E-state index in [0.717, 1.165) is 31.5 Å². The van der Waals surface area contributed by atoms with Crippen LogP contribution in [0.5, 0.6) is 0 Å². The molecule has 0 saturated carbocycles. The number of unbranched alkanes of at least 4 members (excludes halogenated alkanes) is 3. The van der Waals surface area contributed by atoms with Gasteiger partial charge in [-0.15, -0.1) is 10.2 Å². The molecule has 0 saturated heterocycles. The van der Waals surface area contributed by atoms with E-state index in [1.54, 1.807) is 0 Å². The molecule has 6 nitrogen and oxygen atoms in total. The van der Waals surface area contributed by atoms with Gasteiger partial charge in [-0.25, -0.2) is 4.79 Å². The summed E-state index contributed by atoms with van der Waals surface area (Å²) in [6.45, 7) is 2.91. The van der Waals surface area contributed by atoms with Crippen LogP contribution >= 0.6 is 0 Å². The number of hydrogen-bond acceptors (Lipinski definition) is 4. The highest BCUT2D eigenvalue weighted by molar-refractivity contribution is 5.66. The van der Waals surface area contributed by atoms with E-state index in [1.807, 2.05) is 18.2 Å². The van der Waals surface area contributed by atoms with Crippen LogP contribution in [0.1, 0.15) is 49.8 Å². The van der Waals surface area contributed by atoms with E-state index < -0.39 is 6.09 Å². The molecule has 1 aromatic carbocycles. The first-order valence-corrected chi connectivity index (χ1v) is 8.63. The lowest BCUT2D eigenvalue weighted by atomic mass is 10.1. The van der Waals surface area contributed by atoms with E-state index >= 15 is 0 Å². The van der Waals surface area contributed by atoms with Gasteiger partial charge >= 0.3 is 6.09 Å². The SMILES string of the molecule is CCCCCCOC(=O)NCc1nnc(CCc2ccccc2)[nH]1. The Balaban J connectivity index is 1.63. The topological polar surface area (TPSA) is 79.9 Å². The molecule has 130 valence electrons. The van der Waals surface area contributed by atoms with Crippen LogP contribution in [0.15, 0.2) is 30.3 Å². The van der Waals surface area contributed by atoms with Crippen LogP contribution in [0.3, 0.4) is 0 Å². The Morgan fingerprint density at radius 3 is 2.67 bits per heavy atom. The lowest BCUT2D eigenvalue weighted by molar-refractivity contribution is 0.143. The van der Waals surface area contributed by atoms with E-state index in [0.29, 0.717) is 19.0 Å². The molecule has 1 heterocycles. The molecule has 2 aromatic rings. The van der Waals surface area contributed by atoms with Crippen LogP contribution in [0.25, 0.3) is 0 Å². The van der Waals surface area contributed by atoms with Gasteiger partial charge in [0.15, 0.2) is 0 Å². The molecule has 0 fully saturated rings. The lowest BCUT2D eigenvalue weighted by Crippen LogP contribution is -2.24. The van der Waals surface area contributed by atoms with Gasteiger partial charge in [-0.3, -0.25) is 0 Å². The minimum atomic E-state index is -0.409. The number of carbonyl (C=O) groups excluding carboxylic acids is 1. The van der Waals surface area contributed by atoms with Crippen molar-refractivity contribution < 1.29 is 9.53 Å². The average Bonchev–Trinajstić information content (AvgIpc) is 3.07. The minimum absolute atomic E-state index is 0.298. The average molecular weight is 330 g/mol. The smallest absolute Gasteiger partial charge is 0.407 e. The number of carbonyl (C=O) groups is 1. The van der Waals surface area contributed by atoms with Crippen LogP contribution in [0.4, 0.5) is 4.79 Å². The molecule has 1 aromatic heterocycles. The van der Waals surface area contributed by atoms with Gasteiger partial charge in [0.25, 0.3) is 0 Å². The zero-order valence-corrected chi connectivity index (χ0v) is 14.3. The molecule has 0 atom stereocenters. The number of aromatic nitrogens is 3. The van der Waals surface area contributed by atoms with Crippen LogP contribution in [0, 0.1) is 0 Å². The first kappa shape index (κ1) is 18.0.